The third-order valence-electron chi connectivity index (χ3n) is 5.47. The summed E-state index contributed by atoms with van der Waals surface area (Å²) < 4.78 is 0.946. The van der Waals surface area contributed by atoms with Gasteiger partial charge in [-0.15, -0.1) is 5.54 Å². The minimum Gasteiger partial charge on any atom is -0.382 e. The van der Waals surface area contributed by atoms with Gasteiger partial charge in [-0.2, -0.15) is 0 Å². The number of rotatable bonds is 5. The molecule has 0 amide bonds. The molecule has 33 heavy (non-hydrogen) atoms. The molecule has 0 aliphatic rings. The van der Waals surface area contributed by atoms with Gasteiger partial charge in [-0.1, -0.05) is 67.5 Å². The number of aliphatic hydroxyl groups excluding tert-OH is 1. The molecule has 0 radical (unpaired) electrons. The molecule has 4 rings (SSSR count). The number of aliphatic hydroxyl groups is 1. The summed E-state index contributed by atoms with van der Waals surface area (Å²) in [7, 11) is -1.39. The molecule has 0 aliphatic carbocycles. The average Bonchev–Trinajstić information content (AvgIpc) is 3.39. The molecule has 0 saturated heterocycles. The maximum atomic E-state index is 10.8. The molecule has 1 atom stereocenters. The Labute approximate surface area is 205 Å². The van der Waals surface area contributed by atoms with Gasteiger partial charge < -0.3 is 15.1 Å². The molecule has 5 heteroatoms. The molecule has 0 fully saturated rings. The monoisotopic (exact) mass is 516 g/mol. The molecule has 3 N–H and O–H groups in total. The highest BCUT2D eigenvalue weighted by atomic mass is 79.9. The molecule has 0 aliphatic heterocycles. The van der Waals surface area contributed by atoms with Crippen molar-refractivity contribution in [3.63, 3.8) is 0 Å². The number of halogens is 1. The summed E-state index contributed by atoms with van der Waals surface area (Å²) in [5.74, 6) is 3.32. The maximum absolute atomic E-state index is 10.8. The molecule has 0 spiro atoms. The molecule has 1 unspecified atom stereocenters. The van der Waals surface area contributed by atoms with Crippen molar-refractivity contribution >= 4 is 24.0 Å². The molecule has 2 aromatic carbocycles. The van der Waals surface area contributed by atoms with Crippen molar-refractivity contribution in [3.05, 3.63) is 105 Å². The normalized spacial score (nSPS) is 12.3. The van der Waals surface area contributed by atoms with Crippen LogP contribution in [0.25, 0.3) is 11.1 Å². The fourth-order valence-electron chi connectivity index (χ4n) is 3.69. The van der Waals surface area contributed by atoms with Crippen LogP contribution in [-0.4, -0.2) is 23.1 Å². The zero-order valence-electron chi connectivity index (χ0n) is 19.5. The highest BCUT2D eigenvalue weighted by Crippen LogP contribution is 2.30. The Balaban J connectivity index is 1.54. The van der Waals surface area contributed by atoms with Crippen LogP contribution in [0, 0.1) is 18.4 Å². The van der Waals surface area contributed by atoms with Gasteiger partial charge in [-0.05, 0) is 64.3 Å². The maximum Gasteiger partial charge on any atom is 0.129 e. The number of H-pyrrole nitrogens is 2. The number of hydrogen-bond donors (Lipinski definition) is 3. The molecule has 2 aromatic heterocycles. The lowest BCUT2D eigenvalue weighted by molar-refractivity contribution is 0.216. The Bertz CT molecular complexity index is 1300. The van der Waals surface area contributed by atoms with Crippen LogP contribution in [0.3, 0.4) is 0 Å². The fourth-order valence-corrected chi connectivity index (χ4v) is 4.68. The van der Waals surface area contributed by atoms with Gasteiger partial charge in [0.15, 0.2) is 0 Å². The lowest BCUT2D eigenvalue weighted by Gasteiger charge is -2.10. The van der Waals surface area contributed by atoms with E-state index >= 15 is 0 Å². The molecule has 168 valence electrons. The van der Waals surface area contributed by atoms with Crippen molar-refractivity contribution in [1.82, 2.24) is 9.97 Å². The Morgan fingerprint density at radius 3 is 2.30 bits per heavy atom. The van der Waals surface area contributed by atoms with Gasteiger partial charge >= 0.3 is 0 Å². The van der Waals surface area contributed by atoms with E-state index in [1.807, 2.05) is 43.3 Å². The van der Waals surface area contributed by atoms with E-state index in [4.69, 9.17) is 0 Å². The first-order valence-corrected chi connectivity index (χ1v) is 15.4. The van der Waals surface area contributed by atoms with Crippen LogP contribution in [0.1, 0.15) is 39.9 Å². The number of aromatic nitrogens is 2. The summed E-state index contributed by atoms with van der Waals surface area (Å²) in [6.45, 7) is 8.81. The average molecular weight is 518 g/mol. The van der Waals surface area contributed by atoms with E-state index in [2.05, 4.69) is 87.3 Å². The second kappa shape index (κ2) is 9.60. The zero-order chi connectivity index (χ0) is 23.6. The van der Waals surface area contributed by atoms with Crippen LogP contribution in [0.15, 0.2) is 71.3 Å². The lowest BCUT2D eigenvalue weighted by Crippen LogP contribution is -2.16. The summed E-state index contributed by atoms with van der Waals surface area (Å²) in [6.07, 6.45) is 0.0395. The van der Waals surface area contributed by atoms with Gasteiger partial charge in [0.1, 0.15) is 14.2 Å². The second-order valence-electron chi connectivity index (χ2n) is 9.52. The summed E-state index contributed by atoms with van der Waals surface area (Å²) in [6, 6.07) is 22.6. The van der Waals surface area contributed by atoms with Crippen LogP contribution in [0.4, 0.5) is 0 Å². The minimum atomic E-state index is -1.39. The van der Waals surface area contributed by atoms with E-state index in [9.17, 15) is 5.11 Å². The van der Waals surface area contributed by atoms with Crippen molar-refractivity contribution in [3.8, 4) is 22.6 Å². The summed E-state index contributed by atoms with van der Waals surface area (Å²) in [5.41, 5.74) is 11.8. The topological polar surface area (TPSA) is 51.8 Å². The van der Waals surface area contributed by atoms with Crippen molar-refractivity contribution in [2.24, 2.45) is 0 Å². The van der Waals surface area contributed by atoms with Crippen LogP contribution in [0.5, 0.6) is 0 Å². The third-order valence-corrected chi connectivity index (χ3v) is 6.77. The van der Waals surface area contributed by atoms with Crippen molar-refractivity contribution in [2.75, 3.05) is 0 Å². The van der Waals surface area contributed by atoms with E-state index < -0.39 is 14.2 Å². The number of hydrogen-bond acceptors (Lipinski definition) is 1. The molecule has 0 saturated carbocycles. The second-order valence-corrected chi connectivity index (χ2v) is 15.1. The number of benzene rings is 2. The highest BCUT2D eigenvalue weighted by molar-refractivity contribution is 9.10. The smallest absolute Gasteiger partial charge is 0.129 e. The van der Waals surface area contributed by atoms with Crippen LogP contribution >= 0.6 is 15.9 Å². The fraction of sp³-hybridized carbons (Fsp3) is 0.214. The van der Waals surface area contributed by atoms with E-state index in [1.54, 1.807) is 0 Å². The van der Waals surface area contributed by atoms with Gasteiger partial charge in [0.2, 0.25) is 0 Å². The van der Waals surface area contributed by atoms with Gasteiger partial charge in [0, 0.05) is 34.6 Å². The van der Waals surface area contributed by atoms with Gasteiger partial charge in [-0.3, -0.25) is 0 Å². The molecule has 3 nitrogen and oxygen atoms in total. The summed E-state index contributed by atoms with van der Waals surface area (Å²) in [4.78, 5) is 6.84. The van der Waals surface area contributed by atoms with E-state index in [-0.39, 0.29) is 0 Å². The van der Waals surface area contributed by atoms with Crippen LogP contribution < -0.4 is 0 Å². The van der Waals surface area contributed by atoms with Crippen molar-refractivity contribution < 1.29 is 5.11 Å². The molecular formula is C28H29BrN2OSi. The number of aryl methyl sites for hydroxylation is 1. The third kappa shape index (κ3) is 5.97. The van der Waals surface area contributed by atoms with E-state index in [0.717, 1.165) is 43.9 Å². The minimum absolute atomic E-state index is 0.668. The predicted molar refractivity (Wildman–Crippen MR) is 143 cm³/mol. The lowest BCUT2D eigenvalue weighted by atomic mass is 10.0. The zero-order valence-corrected chi connectivity index (χ0v) is 22.0. The van der Waals surface area contributed by atoms with Crippen LogP contribution in [-0.2, 0) is 6.42 Å². The standard InChI is InChI=1S/C28H29BrN2OSi/c1-19-5-9-22(10-6-19)28(32)25-14-13-23(30-25)17-26-24(18-27(29)31-26)21-11-7-20(8-12-21)15-16-33(2,3)4/h5-14,18,28,30-32H,17H2,1-4H3. The first-order valence-electron chi connectivity index (χ1n) is 11.1. The molecule has 2 heterocycles. The van der Waals surface area contributed by atoms with E-state index in [0.29, 0.717) is 6.42 Å². The Hall–Kier alpha value is -2.78. The molecule has 0 bridgehead atoms. The Kier molecular flexibility index (Phi) is 6.80. The number of aromatic amines is 2. The predicted octanol–water partition coefficient (Wildman–Crippen LogP) is 6.98. The van der Waals surface area contributed by atoms with Gasteiger partial charge in [0.25, 0.3) is 0 Å². The summed E-state index contributed by atoms with van der Waals surface area (Å²) >= 11 is 3.60. The van der Waals surface area contributed by atoms with E-state index in [1.165, 1.54) is 5.56 Å². The van der Waals surface area contributed by atoms with Crippen molar-refractivity contribution in [2.45, 2.75) is 39.1 Å². The van der Waals surface area contributed by atoms with Gasteiger partial charge in [0.05, 0.1) is 4.60 Å². The van der Waals surface area contributed by atoms with Crippen molar-refractivity contribution in [1.29, 1.82) is 0 Å². The summed E-state index contributed by atoms with van der Waals surface area (Å²) in [5, 5.41) is 10.8. The highest BCUT2D eigenvalue weighted by Gasteiger charge is 2.15. The first kappa shape index (κ1) is 23.4. The quantitative estimate of drug-likeness (QED) is 0.194. The SMILES string of the molecule is Cc1ccc(C(O)c2ccc(Cc3[nH]c(Br)cc3-c3ccc(C#C[Si](C)(C)C)cc3)[nH]2)cc1. The first-order chi connectivity index (χ1) is 15.7. The van der Waals surface area contributed by atoms with Crippen LogP contribution in [0.2, 0.25) is 19.6 Å². The molecular weight excluding hydrogens is 488 g/mol. The Morgan fingerprint density at radius 2 is 1.64 bits per heavy atom. The number of nitrogens with one attached hydrogen (secondary N) is 2. The molecule has 4 aromatic rings. The Morgan fingerprint density at radius 1 is 0.939 bits per heavy atom. The largest absolute Gasteiger partial charge is 0.382 e. The van der Waals surface area contributed by atoms with Gasteiger partial charge in [-0.25, -0.2) is 0 Å².